The van der Waals surface area contributed by atoms with Crippen molar-refractivity contribution >= 4 is 16.9 Å². The lowest BCUT2D eigenvalue weighted by molar-refractivity contribution is 0.678. The van der Waals surface area contributed by atoms with E-state index in [-0.39, 0.29) is 6.04 Å². The first kappa shape index (κ1) is 10.8. The van der Waals surface area contributed by atoms with Gasteiger partial charge >= 0.3 is 0 Å². The Balaban J connectivity index is 2.24. The summed E-state index contributed by atoms with van der Waals surface area (Å²) in [4.78, 5) is 8.36. The molecule has 2 heterocycles. The van der Waals surface area contributed by atoms with Crippen molar-refractivity contribution in [3.05, 3.63) is 12.5 Å². The SMILES string of the molecule is CCC(N)CNc1ncnc2c1cnn2C. The summed E-state index contributed by atoms with van der Waals surface area (Å²) in [7, 11) is 1.86. The Labute approximate surface area is 93.9 Å². The van der Waals surface area contributed by atoms with Gasteiger partial charge in [0.1, 0.15) is 12.1 Å². The minimum Gasteiger partial charge on any atom is -0.368 e. The largest absolute Gasteiger partial charge is 0.368 e. The van der Waals surface area contributed by atoms with Gasteiger partial charge in [-0.05, 0) is 6.42 Å². The highest BCUT2D eigenvalue weighted by Gasteiger charge is 2.07. The minimum absolute atomic E-state index is 0.140. The van der Waals surface area contributed by atoms with E-state index in [2.05, 4.69) is 27.3 Å². The molecule has 1 atom stereocenters. The molecular weight excluding hydrogens is 204 g/mol. The van der Waals surface area contributed by atoms with E-state index in [1.54, 1.807) is 10.9 Å². The van der Waals surface area contributed by atoms with Crippen molar-refractivity contribution in [2.45, 2.75) is 19.4 Å². The maximum atomic E-state index is 5.84. The van der Waals surface area contributed by atoms with E-state index in [1.807, 2.05) is 7.05 Å². The summed E-state index contributed by atoms with van der Waals surface area (Å²) in [5.41, 5.74) is 6.67. The molecule has 0 fully saturated rings. The van der Waals surface area contributed by atoms with Gasteiger partial charge in [0.15, 0.2) is 5.65 Å². The molecule has 0 bridgehead atoms. The Bertz CT molecular complexity index is 477. The van der Waals surface area contributed by atoms with Crippen molar-refractivity contribution in [3.8, 4) is 0 Å². The van der Waals surface area contributed by atoms with E-state index in [4.69, 9.17) is 5.73 Å². The monoisotopic (exact) mass is 220 g/mol. The minimum atomic E-state index is 0.140. The van der Waals surface area contributed by atoms with Crippen LogP contribution in [0, 0.1) is 0 Å². The lowest BCUT2D eigenvalue weighted by Crippen LogP contribution is -2.28. The molecular formula is C10H16N6. The third-order valence-corrected chi connectivity index (χ3v) is 2.59. The molecule has 0 amide bonds. The van der Waals surface area contributed by atoms with E-state index in [9.17, 15) is 0 Å². The van der Waals surface area contributed by atoms with Crippen LogP contribution in [0.3, 0.4) is 0 Å². The van der Waals surface area contributed by atoms with Gasteiger partial charge in [0.25, 0.3) is 0 Å². The molecule has 86 valence electrons. The van der Waals surface area contributed by atoms with E-state index >= 15 is 0 Å². The van der Waals surface area contributed by atoms with Gasteiger partial charge in [-0.2, -0.15) is 5.10 Å². The van der Waals surface area contributed by atoms with Crippen LogP contribution in [-0.2, 0) is 7.05 Å². The molecule has 0 saturated carbocycles. The number of rotatable bonds is 4. The van der Waals surface area contributed by atoms with Gasteiger partial charge in [0.05, 0.1) is 11.6 Å². The van der Waals surface area contributed by atoms with Crippen molar-refractivity contribution in [1.82, 2.24) is 19.7 Å². The Kier molecular flexibility index (Phi) is 3.00. The summed E-state index contributed by atoms with van der Waals surface area (Å²) in [5, 5.41) is 8.29. The van der Waals surface area contributed by atoms with Gasteiger partial charge in [-0.25, -0.2) is 9.97 Å². The van der Waals surface area contributed by atoms with Crippen LogP contribution in [0.25, 0.3) is 11.0 Å². The summed E-state index contributed by atoms with van der Waals surface area (Å²) in [5.74, 6) is 0.794. The highest BCUT2D eigenvalue weighted by atomic mass is 15.3. The second kappa shape index (κ2) is 4.44. The zero-order valence-corrected chi connectivity index (χ0v) is 9.51. The van der Waals surface area contributed by atoms with E-state index in [0.717, 1.165) is 23.3 Å². The Morgan fingerprint density at radius 2 is 2.31 bits per heavy atom. The fourth-order valence-electron chi connectivity index (χ4n) is 1.48. The van der Waals surface area contributed by atoms with Crippen molar-refractivity contribution in [1.29, 1.82) is 0 Å². The fraction of sp³-hybridized carbons (Fsp3) is 0.500. The molecule has 0 saturated heterocycles. The molecule has 0 aliphatic heterocycles. The number of hydrogen-bond acceptors (Lipinski definition) is 5. The lowest BCUT2D eigenvalue weighted by Gasteiger charge is -2.10. The molecule has 6 heteroatoms. The van der Waals surface area contributed by atoms with Crippen LogP contribution in [-0.4, -0.2) is 32.3 Å². The van der Waals surface area contributed by atoms with Crippen molar-refractivity contribution < 1.29 is 0 Å². The molecule has 1 unspecified atom stereocenters. The third kappa shape index (κ3) is 1.96. The highest BCUT2D eigenvalue weighted by molar-refractivity contribution is 5.85. The Morgan fingerprint density at radius 1 is 1.50 bits per heavy atom. The zero-order chi connectivity index (χ0) is 11.5. The van der Waals surface area contributed by atoms with Gasteiger partial charge in [-0.3, -0.25) is 4.68 Å². The lowest BCUT2D eigenvalue weighted by atomic mass is 10.2. The van der Waals surface area contributed by atoms with Crippen LogP contribution in [0.15, 0.2) is 12.5 Å². The van der Waals surface area contributed by atoms with Crippen molar-refractivity contribution in [2.75, 3.05) is 11.9 Å². The van der Waals surface area contributed by atoms with Gasteiger partial charge in [0.2, 0.25) is 0 Å². The first-order valence-electron chi connectivity index (χ1n) is 5.34. The van der Waals surface area contributed by atoms with E-state index < -0.39 is 0 Å². The summed E-state index contributed by atoms with van der Waals surface area (Å²) < 4.78 is 1.72. The van der Waals surface area contributed by atoms with Gasteiger partial charge in [-0.1, -0.05) is 6.92 Å². The number of aromatic nitrogens is 4. The maximum Gasteiger partial charge on any atom is 0.163 e. The average Bonchev–Trinajstić information content (AvgIpc) is 2.69. The third-order valence-electron chi connectivity index (χ3n) is 2.59. The first-order valence-corrected chi connectivity index (χ1v) is 5.34. The van der Waals surface area contributed by atoms with Crippen LogP contribution in [0.2, 0.25) is 0 Å². The number of nitrogens with one attached hydrogen (secondary N) is 1. The molecule has 0 aromatic carbocycles. The molecule has 2 rings (SSSR count). The average molecular weight is 220 g/mol. The quantitative estimate of drug-likeness (QED) is 0.784. The second-order valence-corrected chi connectivity index (χ2v) is 3.78. The predicted molar refractivity (Wildman–Crippen MR) is 63.1 cm³/mol. The molecule has 16 heavy (non-hydrogen) atoms. The van der Waals surface area contributed by atoms with Crippen molar-refractivity contribution in [3.63, 3.8) is 0 Å². The van der Waals surface area contributed by atoms with Crippen LogP contribution < -0.4 is 11.1 Å². The molecule has 3 N–H and O–H groups in total. The maximum absolute atomic E-state index is 5.84. The molecule has 0 radical (unpaired) electrons. The van der Waals surface area contributed by atoms with Gasteiger partial charge in [-0.15, -0.1) is 0 Å². The summed E-state index contributed by atoms with van der Waals surface area (Å²) in [6.45, 7) is 2.77. The van der Waals surface area contributed by atoms with Crippen LogP contribution in [0.4, 0.5) is 5.82 Å². The van der Waals surface area contributed by atoms with Crippen molar-refractivity contribution in [2.24, 2.45) is 12.8 Å². The molecule has 0 spiro atoms. The summed E-state index contributed by atoms with van der Waals surface area (Å²) in [6, 6.07) is 0.140. The number of aryl methyl sites for hydroxylation is 1. The Morgan fingerprint density at radius 3 is 3.06 bits per heavy atom. The fourth-order valence-corrected chi connectivity index (χ4v) is 1.48. The number of nitrogens with zero attached hydrogens (tertiary/aromatic N) is 4. The summed E-state index contributed by atoms with van der Waals surface area (Å²) >= 11 is 0. The first-order chi connectivity index (χ1) is 7.72. The molecule has 2 aromatic heterocycles. The smallest absolute Gasteiger partial charge is 0.163 e. The van der Waals surface area contributed by atoms with Crippen LogP contribution >= 0.6 is 0 Å². The number of hydrogen-bond donors (Lipinski definition) is 2. The molecule has 0 aliphatic rings. The van der Waals surface area contributed by atoms with Crippen LogP contribution in [0.1, 0.15) is 13.3 Å². The Hall–Kier alpha value is -1.69. The normalized spacial score (nSPS) is 12.9. The summed E-state index contributed by atoms with van der Waals surface area (Å²) in [6.07, 6.45) is 4.23. The highest BCUT2D eigenvalue weighted by Crippen LogP contribution is 2.17. The number of fused-ring (bicyclic) bond motifs is 1. The topological polar surface area (TPSA) is 81.7 Å². The van der Waals surface area contributed by atoms with Gasteiger partial charge in [0, 0.05) is 19.6 Å². The number of nitrogens with two attached hydrogens (primary N) is 1. The number of anilines is 1. The predicted octanol–water partition coefficient (Wildman–Crippen LogP) is 0.512. The van der Waals surface area contributed by atoms with E-state index in [1.165, 1.54) is 6.33 Å². The molecule has 0 aliphatic carbocycles. The van der Waals surface area contributed by atoms with Crippen LogP contribution in [0.5, 0.6) is 0 Å². The molecule has 2 aromatic rings. The standard InChI is InChI=1S/C10H16N6/c1-3-7(11)4-12-9-8-5-15-16(2)10(8)14-6-13-9/h5-7H,3-4,11H2,1-2H3,(H,12,13,14). The van der Waals surface area contributed by atoms with Gasteiger partial charge < -0.3 is 11.1 Å². The van der Waals surface area contributed by atoms with E-state index in [0.29, 0.717) is 6.54 Å². The second-order valence-electron chi connectivity index (χ2n) is 3.78. The molecule has 6 nitrogen and oxygen atoms in total. The zero-order valence-electron chi connectivity index (χ0n) is 9.51.